The van der Waals surface area contributed by atoms with Gasteiger partial charge in [-0.25, -0.2) is 0 Å². The fraction of sp³-hybridized carbons (Fsp3) is 0.419. The summed E-state index contributed by atoms with van der Waals surface area (Å²) < 4.78 is 0. The van der Waals surface area contributed by atoms with Gasteiger partial charge in [-0.3, -0.25) is 0 Å². The Hall–Kier alpha value is -2.34. The standard InChI is InChI=1S/C31H38/c1-3-5-6-7-26-14-20-31-23-27(15-21-30(31)22-26)9-8-25-12-18-29(19-13-25)28-16-10-24(4-2)11-17-28/h3,5,12-15,18-24,28H,4,6-11,16-17H2,1-2H3/b5-3+. The number of rotatable bonds is 8. The third kappa shape index (κ3) is 5.88. The van der Waals surface area contributed by atoms with Crippen molar-refractivity contribution in [3.8, 4) is 0 Å². The summed E-state index contributed by atoms with van der Waals surface area (Å²) in [5.41, 5.74) is 5.90. The molecule has 0 amide bonds. The summed E-state index contributed by atoms with van der Waals surface area (Å²) in [6.45, 7) is 4.44. The van der Waals surface area contributed by atoms with Gasteiger partial charge in [0, 0.05) is 0 Å². The van der Waals surface area contributed by atoms with Crippen LogP contribution in [0.5, 0.6) is 0 Å². The molecule has 0 radical (unpaired) electrons. The van der Waals surface area contributed by atoms with E-state index in [0.717, 1.165) is 37.5 Å². The van der Waals surface area contributed by atoms with Gasteiger partial charge in [-0.05, 0) is 103 Å². The summed E-state index contributed by atoms with van der Waals surface area (Å²) in [5, 5.41) is 2.73. The molecule has 4 rings (SSSR count). The first-order valence-electron chi connectivity index (χ1n) is 12.5. The average Bonchev–Trinajstić information content (AvgIpc) is 2.83. The molecule has 0 bridgehead atoms. The predicted molar refractivity (Wildman–Crippen MR) is 136 cm³/mol. The van der Waals surface area contributed by atoms with Crippen molar-refractivity contribution in [1.29, 1.82) is 0 Å². The molecular formula is C31H38. The van der Waals surface area contributed by atoms with E-state index in [-0.39, 0.29) is 0 Å². The molecule has 1 aliphatic carbocycles. The fourth-order valence-electron chi connectivity index (χ4n) is 5.22. The highest BCUT2D eigenvalue weighted by molar-refractivity contribution is 5.83. The summed E-state index contributed by atoms with van der Waals surface area (Å²) in [5.74, 6) is 1.77. The second kappa shape index (κ2) is 10.8. The van der Waals surface area contributed by atoms with Crippen molar-refractivity contribution in [3.63, 3.8) is 0 Å². The molecular weight excluding hydrogens is 372 g/mol. The van der Waals surface area contributed by atoms with Gasteiger partial charge in [-0.15, -0.1) is 0 Å². The van der Waals surface area contributed by atoms with E-state index >= 15 is 0 Å². The number of fused-ring (bicyclic) bond motifs is 1. The highest BCUT2D eigenvalue weighted by atomic mass is 14.3. The molecule has 1 aliphatic rings. The Morgan fingerprint density at radius 3 is 1.90 bits per heavy atom. The highest BCUT2D eigenvalue weighted by Crippen LogP contribution is 2.37. The monoisotopic (exact) mass is 410 g/mol. The minimum Gasteiger partial charge on any atom is -0.0917 e. The van der Waals surface area contributed by atoms with Gasteiger partial charge in [-0.1, -0.05) is 86.2 Å². The van der Waals surface area contributed by atoms with Crippen molar-refractivity contribution in [1.82, 2.24) is 0 Å². The molecule has 0 saturated heterocycles. The van der Waals surface area contributed by atoms with Gasteiger partial charge < -0.3 is 0 Å². The van der Waals surface area contributed by atoms with Crippen molar-refractivity contribution >= 4 is 10.8 Å². The van der Waals surface area contributed by atoms with Crippen LogP contribution in [0.25, 0.3) is 10.8 Å². The van der Waals surface area contributed by atoms with Crippen LogP contribution in [0.3, 0.4) is 0 Å². The topological polar surface area (TPSA) is 0 Å². The van der Waals surface area contributed by atoms with E-state index in [4.69, 9.17) is 0 Å². The van der Waals surface area contributed by atoms with E-state index in [0.29, 0.717) is 0 Å². The molecule has 0 aliphatic heterocycles. The molecule has 1 saturated carbocycles. The lowest BCUT2D eigenvalue weighted by molar-refractivity contribution is 0.319. The second-order valence-corrected chi connectivity index (χ2v) is 9.49. The van der Waals surface area contributed by atoms with Crippen LogP contribution in [-0.4, -0.2) is 0 Å². The van der Waals surface area contributed by atoms with Crippen LogP contribution in [0.4, 0.5) is 0 Å². The van der Waals surface area contributed by atoms with E-state index in [9.17, 15) is 0 Å². The van der Waals surface area contributed by atoms with Crippen LogP contribution in [0, 0.1) is 5.92 Å². The summed E-state index contributed by atoms with van der Waals surface area (Å²) in [6.07, 6.45) is 15.8. The SMILES string of the molecule is C/C=C/CCc1ccc2cc(CCc3ccc(C4CCC(CC)CC4)cc3)ccc2c1. The van der Waals surface area contributed by atoms with Crippen molar-refractivity contribution in [3.05, 3.63) is 95.1 Å². The molecule has 0 unspecified atom stereocenters. The minimum absolute atomic E-state index is 0.792. The van der Waals surface area contributed by atoms with Gasteiger partial charge >= 0.3 is 0 Å². The Bertz CT molecular complexity index is 984. The van der Waals surface area contributed by atoms with E-state index < -0.39 is 0 Å². The lowest BCUT2D eigenvalue weighted by Crippen LogP contribution is -2.12. The van der Waals surface area contributed by atoms with Crippen molar-refractivity contribution in [2.75, 3.05) is 0 Å². The molecule has 1 fully saturated rings. The van der Waals surface area contributed by atoms with Gasteiger partial charge in [0.15, 0.2) is 0 Å². The molecule has 31 heavy (non-hydrogen) atoms. The smallest absolute Gasteiger partial charge is 0.0162 e. The van der Waals surface area contributed by atoms with Crippen LogP contribution >= 0.6 is 0 Å². The quantitative estimate of drug-likeness (QED) is 0.325. The Balaban J connectivity index is 1.33. The van der Waals surface area contributed by atoms with E-state index in [1.807, 2.05) is 0 Å². The summed E-state index contributed by atoms with van der Waals surface area (Å²) in [7, 11) is 0. The fourth-order valence-corrected chi connectivity index (χ4v) is 5.22. The van der Waals surface area contributed by atoms with E-state index in [2.05, 4.69) is 86.7 Å². The zero-order valence-corrected chi connectivity index (χ0v) is 19.4. The minimum atomic E-state index is 0.792. The molecule has 3 aromatic carbocycles. The third-order valence-electron chi connectivity index (χ3n) is 7.38. The van der Waals surface area contributed by atoms with Crippen LogP contribution < -0.4 is 0 Å². The van der Waals surface area contributed by atoms with Gasteiger partial charge in [0.05, 0.1) is 0 Å². The van der Waals surface area contributed by atoms with Gasteiger partial charge in [0.25, 0.3) is 0 Å². The van der Waals surface area contributed by atoms with Gasteiger partial charge in [0.2, 0.25) is 0 Å². The molecule has 0 heterocycles. The number of benzene rings is 3. The zero-order chi connectivity index (χ0) is 21.5. The Morgan fingerprint density at radius 2 is 1.29 bits per heavy atom. The number of hydrogen-bond acceptors (Lipinski definition) is 0. The lowest BCUT2D eigenvalue weighted by Gasteiger charge is -2.28. The number of aryl methyl sites for hydroxylation is 3. The first-order chi connectivity index (χ1) is 15.2. The summed E-state index contributed by atoms with van der Waals surface area (Å²) in [4.78, 5) is 0. The summed E-state index contributed by atoms with van der Waals surface area (Å²) in [6, 6.07) is 23.5. The molecule has 162 valence electrons. The van der Waals surface area contributed by atoms with Crippen molar-refractivity contribution in [2.24, 2.45) is 5.92 Å². The molecule has 0 heteroatoms. The predicted octanol–water partition coefficient (Wildman–Crippen LogP) is 8.82. The normalized spacial score (nSPS) is 19.3. The van der Waals surface area contributed by atoms with Crippen LogP contribution in [0.2, 0.25) is 0 Å². The third-order valence-corrected chi connectivity index (χ3v) is 7.38. The molecule has 0 spiro atoms. The van der Waals surface area contributed by atoms with E-state index in [1.165, 1.54) is 59.6 Å². The highest BCUT2D eigenvalue weighted by Gasteiger charge is 2.21. The summed E-state index contributed by atoms with van der Waals surface area (Å²) >= 11 is 0. The first kappa shape index (κ1) is 21.9. The van der Waals surface area contributed by atoms with Crippen LogP contribution in [-0.2, 0) is 19.3 Å². The Morgan fingerprint density at radius 1 is 0.710 bits per heavy atom. The maximum atomic E-state index is 2.40. The largest absolute Gasteiger partial charge is 0.0917 e. The van der Waals surface area contributed by atoms with Crippen molar-refractivity contribution < 1.29 is 0 Å². The Labute approximate surface area is 189 Å². The molecule has 0 nitrogen and oxygen atoms in total. The second-order valence-electron chi connectivity index (χ2n) is 9.49. The van der Waals surface area contributed by atoms with Crippen LogP contribution in [0.1, 0.15) is 80.5 Å². The van der Waals surface area contributed by atoms with Crippen molar-refractivity contribution in [2.45, 2.75) is 77.6 Å². The lowest BCUT2D eigenvalue weighted by atomic mass is 9.78. The average molecular weight is 411 g/mol. The maximum absolute atomic E-state index is 2.40. The maximum Gasteiger partial charge on any atom is -0.0162 e. The Kier molecular flexibility index (Phi) is 7.62. The first-order valence-corrected chi connectivity index (χ1v) is 12.5. The number of hydrogen-bond donors (Lipinski definition) is 0. The molecule has 0 aromatic heterocycles. The van der Waals surface area contributed by atoms with E-state index in [1.54, 1.807) is 5.56 Å². The zero-order valence-electron chi connectivity index (χ0n) is 19.4. The van der Waals surface area contributed by atoms with Gasteiger partial charge in [-0.2, -0.15) is 0 Å². The van der Waals surface area contributed by atoms with Crippen LogP contribution in [0.15, 0.2) is 72.8 Å². The molecule has 0 N–H and O–H groups in total. The molecule has 3 aromatic rings. The van der Waals surface area contributed by atoms with Gasteiger partial charge in [0.1, 0.15) is 0 Å². The molecule has 0 atom stereocenters. The number of allylic oxidation sites excluding steroid dienone is 2.